The molecular formula is C14H17N3. The molecule has 0 aliphatic carbocycles. The molecule has 3 nitrogen and oxygen atoms in total. The molecule has 2 rings (SSSR count). The number of anilines is 1. The van der Waals surface area contributed by atoms with E-state index in [2.05, 4.69) is 46.7 Å². The van der Waals surface area contributed by atoms with Crippen molar-refractivity contribution in [3.8, 4) is 0 Å². The molecule has 88 valence electrons. The number of hydrogen-bond acceptors (Lipinski definition) is 3. The van der Waals surface area contributed by atoms with Crippen LogP contribution in [0.3, 0.4) is 0 Å². The van der Waals surface area contributed by atoms with Crippen molar-refractivity contribution in [2.75, 3.05) is 5.32 Å². The molecule has 0 aliphatic heterocycles. The third kappa shape index (κ3) is 3.55. The Morgan fingerprint density at radius 2 is 1.82 bits per heavy atom. The summed E-state index contributed by atoms with van der Waals surface area (Å²) in [6, 6.07) is 14.7. The van der Waals surface area contributed by atoms with E-state index in [0.29, 0.717) is 6.04 Å². The van der Waals surface area contributed by atoms with Crippen LogP contribution in [0.15, 0.2) is 42.5 Å². The molecule has 0 aliphatic rings. The fourth-order valence-corrected chi connectivity index (χ4v) is 1.75. The van der Waals surface area contributed by atoms with Crippen molar-refractivity contribution in [2.24, 2.45) is 0 Å². The second-order valence-electron chi connectivity index (χ2n) is 4.30. The van der Waals surface area contributed by atoms with E-state index in [9.17, 15) is 0 Å². The molecular weight excluding hydrogens is 210 g/mol. The molecule has 0 fully saturated rings. The first-order valence-corrected chi connectivity index (χ1v) is 5.85. The average Bonchev–Trinajstić information content (AvgIpc) is 2.33. The van der Waals surface area contributed by atoms with Crippen molar-refractivity contribution in [2.45, 2.75) is 26.3 Å². The van der Waals surface area contributed by atoms with E-state index < -0.39 is 0 Å². The maximum atomic E-state index is 4.10. The van der Waals surface area contributed by atoms with Crippen molar-refractivity contribution in [1.82, 2.24) is 10.2 Å². The molecule has 1 N–H and O–H groups in total. The summed E-state index contributed by atoms with van der Waals surface area (Å²) < 4.78 is 0. The van der Waals surface area contributed by atoms with Gasteiger partial charge in [0.05, 0.1) is 5.69 Å². The number of aromatic nitrogens is 2. The summed E-state index contributed by atoms with van der Waals surface area (Å²) in [6.45, 7) is 4.08. The predicted octanol–water partition coefficient (Wildman–Crippen LogP) is 2.83. The fourth-order valence-electron chi connectivity index (χ4n) is 1.75. The molecule has 0 saturated heterocycles. The SMILES string of the molecule is Cc1ccc(NC(C)Cc2ccccc2)nn1. The lowest BCUT2D eigenvalue weighted by Gasteiger charge is -2.14. The van der Waals surface area contributed by atoms with Crippen LogP contribution in [0, 0.1) is 6.92 Å². The highest BCUT2D eigenvalue weighted by Gasteiger charge is 2.04. The Kier molecular flexibility index (Phi) is 3.70. The van der Waals surface area contributed by atoms with Gasteiger partial charge in [0.2, 0.25) is 0 Å². The van der Waals surface area contributed by atoms with E-state index in [-0.39, 0.29) is 0 Å². The number of aryl methyl sites for hydroxylation is 1. The fraction of sp³-hybridized carbons (Fsp3) is 0.286. The summed E-state index contributed by atoms with van der Waals surface area (Å²) >= 11 is 0. The largest absolute Gasteiger partial charge is 0.366 e. The van der Waals surface area contributed by atoms with Crippen LogP contribution >= 0.6 is 0 Å². The van der Waals surface area contributed by atoms with Gasteiger partial charge >= 0.3 is 0 Å². The van der Waals surface area contributed by atoms with E-state index >= 15 is 0 Å². The minimum Gasteiger partial charge on any atom is -0.366 e. The molecule has 1 aromatic heterocycles. The van der Waals surface area contributed by atoms with Gasteiger partial charge in [0.1, 0.15) is 5.82 Å². The van der Waals surface area contributed by atoms with Gasteiger partial charge < -0.3 is 5.32 Å². The van der Waals surface area contributed by atoms with Crippen molar-refractivity contribution in [3.05, 3.63) is 53.7 Å². The van der Waals surface area contributed by atoms with E-state index in [1.165, 1.54) is 5.56 Å². The number of rotatable bonds is 4. The van der Waals surface area contributed by atoms with Crippen LogP contribution in [0.2, 0.25) is 0 Å². The van der Waals surface area contributed by atoms with Gasteiger partial charge in [-0.1, -0.05) is 30.3 Å². The van der Waals surface area contributed by atoms with E-state index in [1.807, 2.05) is 25.1 Å². The van der Waals surface area contributed by atoms with Gasteiger partial charge in [-0.05, 0) is 38.0 Å². The molecule has 0 saturated carbocycles. The zero-order chi connectivity index (χ0) is 12.1. The quantitative estimate of drug-likeness (QED) is 0.872. The molecule has 1 unspecified atom stereocenters. The first kappa shape index (κ1) is 11.6. The zero-order valence-corrected chi connectivity index (χ0v) is 10.2. The molecule has 0 spiro atoms. The van der Waals surface area contributed by atoms with E-state index in [4.69, 9.17) is 0 Å². The van der Waals surface area contributed by atoms with Crippen LogP contribution in [-0.4, -0.2) is 16.2 Å². The van der Waals surface area contributed by atoms with Crippen LogP contribution in [0.5, 0.6) is 0 Å². The summed E-state index contributed by atoms with van der Waals surface area (Å²) in [5.74, 6) is 0.832. The summed E-state index contributed by atoms with van der Waals surface area (Å²) in [5, 5.41) is 11.5. The van der Waals surface area contributed by atoms with Gasteiger partial charge in [-0.3, -0.25) is 0 Å². The minimum absolute atomic E-state index is 0.342. The Hall–Kier alpha value is -1.90. The van der Waals surface area contributed by atoms with Crippen molar-refractivity contribution >= 4 is 5.82 Å². The lowest BCUT2D eigenvalue weighted by molar-refractivity contribution is 0.777. The minimum atomic E-state index is 0.342. The summed E-state index contributed by atoms with van der Waals surface area (Å²) in [5.41, 5.74) is 2.26. The molecule has 0 bridgehead atoms. The molecule has 2 aromatic rings. The molecule has 3 heteroatoms. The average molecular weight is 227 g/mol. The van der Waals surface area contributed by atoms with Gasteiger partial charge in [-0.25, -0.2) is 0 Å². The number of nitrogens with zero attached hydrogens (tertiary/aromatic N) is 2. The van der Waals surface area contributed by atoms with Gasteiger partial charge in [-0.15, -0.1) is 5.10 Å². The Balaban J connectivity index is 1.93. The second kappa shape index (κ2) is 5.43. The van der Waals surface area contributed by atoms with Crippen LogP contribution in [0.25, 0.3) is 0 Å². The Morgan fingerprint density at radius 3 is 2.47 bits per heavy atom. The Bertz CT molecular complexity index is 451. The standard InChI is InChI=1S/C14H17N3/c1-11-8-9-14(17-16-11)15-12(2)10-13-6-4-3-5-7-13/h3-9,12H,10H2,1-2H3,(H,15,17). The van der Waals surface area contributed by atoms with Crippen LogP contribution in [0.4, 0.5) is 5.82 Å². The molecule has 0 amide bonds. The summed E-state index contributed by atoms with van der Waals surface area (Å²) in [4.78, 5) is 0. The number of hydrogen-bond donors (Lipinski definition) is 1. The van der Waals surface area contributed by atoms with Crippen LogP contribution in [-0.2, 0) is 6.42 Å². The molecule has 1 aromatic carbocycles. The maximum Gasteiger partial charge on any atom is 0.148 e. The lowest BCUT2D eigenvalue weighted by Crippen LogP contribution is -2.19. The molecule has 17 heavy (non-hydrogen) atoms. The highest BCUT2D eigenvalue weighted by atomic mass is 15.2. The topological polar surface area (TPSA) is 37.8 Å². The van der Waals surface area contributed by atoms with Gasteiger partial charge in [0.15, 0.2) is 0 Å². The predicted molar refractivity (Wildman–Crippen MR) is 70.0 cm³/mol. The van der Waals surface area contributed by atoms with Gasteiger partial charge in [0, 0.05) is 6.04 Å². The van der Waals surface area contributed by atoms with Crippen molar-refractivity contribution in [3.63, 3.8) is 0 Å². The summed E-state index contributed by atoms with van der Waals surface area (Å²) in [6.07, 6.45) is 0.983. The normalized spacial score (nSPS) is 12.1. The smallest absolute Gasteiger partial charge is 0.148 e. The molecule has 1 atom stereocenters. The third-order valence-corrected chi connectivity index (χ3v) is 2.58. The van der Waals surface area contributed by atoms with Crippen molar-refractivity contribution < 1.29 is 0 Å². The Morgan fingerprint density at radius 1 is 1.06 bits per heavy atom. The summed E-state index contributed by atoms with van der Waals surface area (Å²) in [7, 11) is 0. The molecule has 0 radical (unpaired) electrons. The first-order valence-electron chi connectivity index (χ1n) is 5.85. The second-order valence-corrected chi connectivity index (χ2v) is 4.30. The van der Waals surface area contributed by atoms with E-state index in [1.54, 1.807) is 0 Å². The maximum absolute atomic E-state index is 4.10. The van der Waals surface area contributed by atoms with E-state index in [0.717, 1.165) is 17.9 Å². The first-order chi connectivity index (χ1) is 8.24. The number of nitrogens with one attached hydrogen (secondary N) is 1. The lowest BCUT2D eigenvalue weighted by atomic mass is 10.1. The third-order valence-electron chi connectivity index (χ3n) is 2.58. The monoisotopic (exact) mass is 227 g/mol. The van der Waals surface area contributed by atoms with Crippen LogP contribution in [0.1, 0.15) is 18.2 Å². The number of benzene rings is 1. The zero-order valence-electron chi connectivity index (χ0n) is 10.2. The van der Waals surface area contributed by atoms with Crippen LogP contribution < -0.4 is 5.32 Å². The van der Waals surface area contributed by atoms with Crippen molar-refractivity contribution in [1.29, 1.82) is 0 Å². The van der Waals surface area contributed by atoms with Gasteiger partial charge in [-0.2, -0.15) is 5.10 Å². The highest BCUT2D eigenvalue weighted by molar-refractivity contribution is 5.34. The highest BCUT2D eigenvalue weighted by Crippen LogP contribution is 2.08. The Labute approximate surface area is 102 Å². The van der Waals surface area contributed by atoms with Gasteiger partial charge in [0.25, 0.3) is 0 Å². The molecule has 1 heterocycles.